The van der Waals surface area contributed by atoms with Crippen LogP contribution in [0.2, 0.25) is 0 Å². The summed E-state index contributed by atoms with van der Waals surface area (Å²) in [7, 11) is 1.88. The van der Waals surface area contributed by atoms with Crippen LogP contribution in [0, 0.1) is 0 Å². The molecule has 3 nitrogen and oxygen atoms in total. The fraction of sp³-hybridized carbons (Fsp3) is 0.909. The summed E-state index contributed by atoms with van der Waals surface area (Å²) < 4.78 is 0.363. The van der Waals surface area contributed by atoms with Gasteiger partial charge in [-0.05, 0) is 31.9 Å². The van der Waals surface area contributed by atoms with Crippen molar-refractivity contribution in [3.8, 4) is 0 Å². The van der Waals surface area contributed by atoms with Crippen LogP contribution in [0.5, 0.6) is 0 Å². The Labute approximate surface area is 96.0 Å². The van der Waals surface area contributed by atoms with Gasteiger partial charge in [-0.2, -0.15) is 11.8 Å². The van der Waals surface area contributed by atoms with Crippen molar-refractivity contribution in [2.75, 3.05) is 25.9 Å². The highest BCUT2D eigenvalue weighted by Crippen LogP contribution is 2.37. The summed E-state index contributed by atoms with van der Waals surface area (Å²) in [5.74, 6) is 1.54. The molecule has 0 aromatic heterocycles. The fourth-order valence-corrected chi connectivity index (χ4v) is 3.58. The lowest BCUT2D eigenvalue weighted by molar-refractivity contribution is -0.128. The van der Waals surface area contributed by atoms with Crippen molar-refractivity contribution >= 4 is 17.7 Å². The Hall–Kier alpha value is -0.220. The standard InChI is InChI=1S/C11H20N2OS/c1-11(5-3-7-15-11)8-12-9-4-6-13(2)10(9)14/h9,12H,3-8H2,1-2H3. The Morgan fingerprint density at radius 2 is 2.47 bits per heavy atom. The molecule has 2 atom stereocenters. The van der Waals surface area contributed by atoms with Gasteiger partial charge in [0, 0.05) is 24.9 Å². The van der Waals surface area contributed by atoms with E-state index in [1.807, 2.05) is 23.7 Å². The van der Waals surface area contributed by atoms with Crippen LogP contribution in [-0.2, 0) is 4.79 Å². The monoisotopic (exact) mass is 228 g/mol. The second kappa shape index (κ2) is 4.34. The van der Waals surface area contributed by atoms with E-state index in [1.54, 1.807) is 0 Å². The number of amides is 1. The van der Waals surface area contributed by atoms with Crippen LogP contribution in [0.1, 0.15) is 26.2 Å². The van der Waals surface area contributed by atoms with E-state index in [0.29, 0.717) is 4.75 Å². The number of rotatable bonds is 3. The van der Waals surface area contributed by atoms with Gasteiger partial charge in [-0.15, -0.1) is 0 Å². The van der Waals surface area contributed by atoms with E-state index >= 15 is 0 Å². The molecule has 2 rings (SSSR count). The minimum absolute atomic E-state index is 0.0769. The number of nitrogens with one attached hydrogen (secondary N) is 1. The van der Waals surface area contributed by atoms with Crippen LogP contribution in [0.3, 0.4) is 0 Å². The first-order chi connectivity index (χ1) is 7.11. The first-order valence-electron chi connectivity index (χ1n) is 5.73. The molecule has 0 aromatic rings. The second-order valence-electron chi connectivity index (χ2n) is 4.88. The Kier molecular flexibility index (Phi) is 3.26. The van der Waals surface area contributed by atoms with Crippen LogP contribution in [0.25, 0.3) is 0 Å². The predicted molar refractivity (Wildman–Crippen MR) is 64.1 cm³/mol. The molecule has 2 saturated heterocycles. The molecule has 4 heteroatoms. The molecule has 86 valence electrons. The smallest absolute Gasteiger partial charge is 0.239 e. The van der Waals surface area contributed by atoms with Gasteiger partial charge in [-0.1, -0.05) is 0 Å². The van der Waals surface area contributed by atoms with Crippen LogP contribution < -0.4 is 5.32 Å². The van der Waals surface area contributed by atoms with Gasteiger partial charge in [0.15, 0.2) is 0 Å². The van der Waals surface area contributed by atoms with Crippen LogP contribution in [0.15, 0.2) is 0 Å². The molecule has 1 N–H and O–H groups in total. The van der Waals surface area contributed by atoms with Crippen LogP contribution in [0.4, 0.5) is 0 Å². The fourth-order valence-electron chi connectivity index (χ4n) is 2.33. The number of nitrogens with zero attached hydrogens (tertiary/aromatic N) is 1. The lowest BCUT2D eigenvalue weighted by atomic mass is 10.1. The zero-order chi connectivity index (χ0) is 10.9. The molecule has 2 heterocycles. The molecule has 0 aliphatic carbocycles. The normalized spacial score (nSPS) is 36.5. The van der Waals surface area contributed by atoms with Crippen molar-refractivity contribution < 1.29 is 4.79 Å². The summed E-state index contributed by atoms with van der Waals surface area (Å²) in [6, 6.07) is 0.0769. The predicted octanol–water partition coefficient (Wildman–Crippen LogP) is 1.09. The summed E-state index contributed by atoms with van der Waals surface area (Å²) in [4.78, 5) is 13.5. The van der Waals surface area contributed by atoms with Crippen LogP contribution >= 0.6 is 11.8 Å². The van der Waals surface area contributed by atoms with E-state index in [1.165, 1.54) is 18.6 Å². The highest BCUT2D eigenvalue weighted by molar-refractivity contribution is 8.00. The van der Waals surface area contributed by atoms with Crippen molar-refractivity contribution in [1.82, 2.24) is 10.2 Å². The van der Waals surface area contributed by atoms with Crippen molar-refractivity contribution in [3.05, 3.63) is 0 Å². The van der Waals surface area contributed by atoms with E-state index in [9.17, 15) is 4.79 Å². The van der Waals surface area contributed by atoms with E-state index in [4.69, 9.17) is 0 Å². The maximum absolute atomic E-state index is 11.7. The molecule has 0 radical (unpaired) electrons. The number of thioether (sulfide) groups is 1. The Balaban J connectivity index is 1.80. The number of hydrogen-bond donors (Lipinski definition) is 1. The third-order valence-electron chi connectivity index (χ3n) is 3.45. The quantitative estimate of drug-likeness (QED) is 0.785. The minimum atomic E-state index is 0.0769. The Morgan fingerprint density at radius 3 is 3.00 bits per heavy atom. The lowest BCUT2D eigenvalue weighted by Gasteiger charge is -2.24. The average Bonchev–Trinajstić information content (AvgIpc) is 2.75. The molecule has 0 aromatic carbocycles. The maximum Gasteiger partial charge on any atom is 0.239 e. The summed E-state index contributed by atoms with van der Waals surface area (Å²) in [5, 5.41) is 3.43. The first kappa shape index (κ1) is 11.3. The Bertz CT molecular complexity index is 251. The van der Waals surface area contributed by atoms with Crippen molar-refractivity contribution in [1.29, 1.82) is 0 Å². The molecule has 2 aliphatic heterocycles. The topological polar surface area (TPSA) is 32.3 Å². The number of carbonyl (C=O) groups is 1. The summed E-state index contributed by atoms with van der Waals surface area (Å²) in [6.07, 6.45) is 3.57. The first-order valence-corrected chi connectivity index (χ1v) is 6.72. The zero-order valence-corrected chi connectivity index (χ0v) is 10.4. The lowest BCUT2D eigenvalue weighted by Crippen LogP contribution is -2.43. The second-order valence-corrected chi connectivity index (χ2v) is 6.57. The molecule has 2 unspecified atom stereocenters. The molecule has 2 aliphatic rings. The van der Waals surface area contributed by atoms with Gasteiger partial charge in [0.1, 0.15) is 0 Å². The Morgan fingerprint density at radius 1 is 1.67 bits per heavy atom. The zero-order valence-electron chi connectivity index (χ0n) is 9.58. The van der Waals surface area contributed by atoms with E-state index in [2.05, 4.69) is 12.2 Å². The number of likely N-dealkylation sites (N-methyl/N-ethyl adjacent to an activating group) is 1. The van der Waals surface area contributed by atoms with Crippen molar-refractivity contribution in [2.45, 2.75) is 37.0 Å². The van der Waals surface area contributed by atoms with Gasteiger partial charge in [0.25, 0.3) is 0 Å². The van der Waals surface area contributed by atoms with Gasteiger partial charge in [0.05, 0.1) is 6.04 Å². The summed E-state index contributed by atoms with van der Waals surface area (Å²) in [6.45, 7) is 4.18. The SMILES string of the molecule is CN1CCC(NCC2(C)CCCS2)C1=O. The molecular formula is C11H20N2OS. The van der Waals surface area contributed by atoms with Gasteiger partial charge < -0.3 is 10.2 Å². The number of carbonyl (C=O) groups excluding carboxylic acids is 1. The number of likely N-dealkylation sites (tertiary alicyclic amines) is 1. The molecule has 15 heavy (non-hydrogen) atoms. The molecule has 1 amide bonds. The van der Waals surface area contributed by atoms with E-state index in [-0.39, 0.29) is 11.9 Å². The van der Waals surface area contributed by atoms with E-state index in [0.717, 1.165) is 19.5 Å². The minimum Gasteiger partial charge on any atom is -0.344 e. The molecule has 0 spiro atoms. The summed E-state index contributed by atoms with van der Waals surface area (Å²) in [5.41, 5.74) is 0. The number of hydrogen-bond acceptors (Lipinski definition) is 3. The largest absolute Gasteiger partial charge is 0.344 e. The van der Waals surface area contributed by atoms with E-state index < -0.39 is 0 Å². The molecule has 2 fully saturated rings. The van der Waals surface area contributed by atoms with Gasteiger partial charge in [-0.3, -0.25) is 4.79 Å². The van der Waals surface area contributed by atoms with Crippen LogP contribution in [-0.4, -0.2) is 47.5 Å². The maximum atomic E-state index is 11.7. The highest BCUT2D eigenvalue weighted by atomic mass is 32.2. The summed E-state index contributed by atoms with van der Waals surface area (Å²) >= 11 is 2.04. The molecule has 0 bridgehead atoms. The molecule has 0 saturated carbocycles. The third kappa shape index (κ3) is 2.48. The van der Waals surface area contributed by atoms with Crippen molar-refractivity contribution in [3.63, 3.8) is 0 Å². The third-order valence-corrected chi connectivity index (χ3v) is 4.99. The van der Waals surface area contributed by atoms with Gasteiger partial charge in [-0.25, -0.2) is 0 Å². The highest BCUT2D eigenvalue weighted by Gasteiger charge is 2.33. The van der Waals surface area contributed by atoms with Crippen molar-refractivity contribution in [2.24, 2.45) is 0 Å². The van der Waals surface area contributed by atoms with Gasteiger partial charge >= 0.3 is 0 Å². The average molecular weight is 228 g/mol. The molecular weight excluding hydrogens is 208 g/mol. The van der Waals surface area contributed by atoms with Gasteiger partial charge in [0.2, 0.25) is 5.91 Å².